The number of carbonyl (C=O) groups excluding carboxylic acids is 1. The number of rotatable bonds is 6. The van der Waals surface area contributed by atoms with Crippen molar-refractivity contribution < 1.29 is 14.7 Å². The van der Waals surface area contributed by atoms with Gasteiger partial charge in [-0.1, -0.05) is 30.3 Å². The second-order valence-corrected chi connectivity index (χ2v) is 7.00. The number of nitrogens with zero attached hydrogens (tertiary/aromatic N) is 2. The smallest absolute Gasteiger partial charge is 0.352 e. The van der Waals surface area contributed by atoms with Crippen molar-refractivity contribution in [1.82, 2.24) is 4.57 Å². The van der Waals surface area contributed by atoms with Crippen molar-refractivity contribution in [3.63, 3.8) is 0 Å². The normalized spacial score (nSPS) is 11.0. The quantitative estimate of drug-likeness (QED) is 0.683. The summed E-state index contributed by atoms with van der Waals surface area (Å²) in [6, 6.07) is 13.6. The first kappa shape index (κ1) is 19.7. The van der Waals surface area contributed by atoms with Gasteiger partial charge < -0.3 is 14.6 Å². The molecular formula is C23H26N2O3. The van der Waals surface area contributed by atoms with Crippen LogP contribution < -0.4 is 4.90 Å². The fourth-order valence-corrected chi connectivity index (χ4v) is 3.86. The minimum absolute atomic E-state index is 0.0520. The summed E-state index contributed by atoms with van der Waals surface area (Å²) in [6.07, 6.45) is 0.0520. The number of benzene rings is 2. The molecule has 146 valence electrons. The van der Waals surface area contributed by atoms with E-state index < -0.39 is 5.97 Å². The standard InChI is InChI=1S/C23H26N2O3/c1-5-24(20-13-15(3)11-12-16(20)4)21(26)14-18-17-9-7-8-10-19(17)25(6-2)22(18)23(27)28/h7-13H,5-6,14H2,1-4H3,(H,27,28). The number of fused-ring (bicyclic) bond motifs is 1. The number of para-hydroxylation sites is 1. The first-order chi connectivity index (χ1) is 13.4. The van der Waals surface area contributed by atoms with Crippen LogP contribution in [0.4, 0.5) is 5.69 Å². The molecule has 0 atom stereocenters. The minimum atomic E-state index is -1.00. The first-order valence-electron chi connectivity index (χ1n) is 9.60. The number of hydrogen-bond donors (Lipinski definition) is 1. The molecule has 0 radical (unpaired) electrons. The molecule has 5 heteroatoms. The maximum Gasteiger partial charge on any atom is 0.352 e. The Bertz CT molecular complexity index is 1050. The number of anilines is 1. The molecule has 28 heavy (non-hydrogen) atoms. The van der Waals surface area contributed by atoms with E-state index in [4.69, 9.17) is 0 Å². The Balaban J connectivity index is 2.09. The van der Waals surface area contributed by atoms with E-state index in [0.29, 0.717) is 18.7 Å². The number of likely N-dealkylation sites (N-methyl/N-ethyl adjacent to an activating group) is 1. The Hall–Kier alpha value is -3.08. The van der Waals surface area contributed by atoms with Crippen LogP contribution in [-0.4, -0.2) is 28.1 Å². The SMILES string of the molecule is CCN(C(=O)Cc1c(C(=O)O)n(CC)c2ccccc12)c1cc(C)ccc1C. The topological polar surface area (TPSA) is 62.5 Å². The average Bonchev–Trinajstić information content (AvgIpc) is 2.99. The third-order valence-corrected chi connectivity index (χ3v) is 5.20. The van der Waals surface area contributed by atoms with E-state index in [0.717, 1.165) is 27.7 Å². The minimum Gasteiger partial charge on any atom is -0.477 e. The highest BCUT2D eigenvalue weighted by Crippen LogP contribution is 2.29. The monoisotopic (exact) mass is 378 g/mol. The van der Waals surface area contributed by atoms with E-state index in [2.05, 4.69) is 0 Å². The molecule has 1 heterocycles. The highest BCUT2D eigenvalue weighted by Gasteiger charge is 2.25. The molecule has 0 aliphatic rings. The molecular weight excluding hydrogens is 352 g/mol. The molecule has 1 aromatic heterocycles. The van der Waals surface area contributed by atoms with E-state index in [-0.39, 0.29) is 18.0 Å². The van der Waals surface area contributed by atoms with Crippen LogP contribution in [0.5, 0.6) is 0 Å². The summed E-state index contributed by atoms with van der Waals surface area (Å²) in [5.74, 6) is -1.10. The van der Waals surface area contributed by atoms with Crippen LogP contribution in [0.2, 0.25) is 0 Å². The maximum atomic E-state index is 13.2. The molecule has 0 aliphatic carbocycles. The van der Waals surface area contributed by atoms with Crippen LogP contribution in [0.25, 0.3) is 10.9 Å². The Kier molecular flexibility index (Phi) is 5.54. The second-order valence-electron chi connectivity index (χ2n) is 7.00. The predicted octanol–water partition coefficient (Wildman–Crippen LogP) is 4.57. The van der Waals surface area contributed by atoms with E-state index in [1.54, 1.807) is 9.47 Å². The first-order valence-corrected chi connectivity index (χ1v) is 9.60. The van der Waals surface area contributed by atoms with Gasteiger partial charge in [-0.3, -0.25) is 4.79 Å². The molecule has 0 aliphatic heterocycles. The molecule has 0 bridgehead atoms. The van der Waals surface area contributed by atoms with Crippen LogP contribution >= 0.6 is 0 Å². The van der Waals surface area contributed by atoms with Crippen molar-refractivity contribution in [1.29, 1.82) is 0 Å². The van der Waals surface area contributed by atoms with Gasteiger partial charge in [0, 0.05) is 35.2 Å². The Morgan fingerprint density at radius 3 is 2.43 bits per heavy atom. The van der Waals surface area contributed by atoms with Gasteiger partial charge in [0.2, 0.25) is 5.91 Å². The van der Waals surface area contributed by atoms with Crippen LogP contribution in [-0.2, 0) is 17.8 Å². The third kappa shape index (κ3) is 3.40. The number of aryl methyl sites for hydroxylation is 3. The number of aromatic carboxylic acids is 1. The summed E-state index contributed by atoms with van der Waals surface area (Å²) in [4.78, 5) is 27.0. The van der Waals surface area contributed by atoms with Gasteiger partial charge in [0.25, 0.3) is 0 Å². The highest BCUT2D eigenvalue weighted by atomic mass is 16.4. The third-order valence-electron chi connectivity index (χ3n) is 5.20. The van der Waals surface area contributed by atoms with Crippen LogP contribution in [0.3, 0.4) is 0 Å². The summed E-state index contributed by atoms with van der Waals surface area (Å²) < 4.78 is 1.77. The van der Waals surface area contributed by atoms with Crippen molar-refractivity contribution in [2.75, 3.05) is 11.4 Å². The van der Waals surface area contributed by atoms with Crippen molar-refractivity contribution >= 4 is 28.5 Å². The molecule has 3 aromatic rings. The van der Waals surface area contributed by atoms with Crippen molar-refractivity contribution in [2.24, 2.45) is 0 Å². The lowest BCUT2D eigenvalue weighted by Gasteiger charge is -2.23. The fraction of sp³-hybridized carbons (Fsp3) is 0.304. The number of carboxylic acids is 1. The molecule has 0 unspecified atom stereocenters. The molecule has 3 rings (SSSR count). The molecule has 2 aromatic carbocycles. The average molecular weight is 378 g/mol. The Morgan fingerprint density at radius 2 is 1.79 bits per heavy atom. The number of aromatic nitrogens is 1. The van der Waals surface area contributed by atoms with Gasteiger partial charge in [0.15, 0.2) is 0 Å². The van der Waals surface area contributed by atoms with Crippen molar-refractivity contribution in [3.8, 4) is 0 Å². The molecule has 0 fully saturated rings. The van der Waals surface area contributed by atoms with Gasteiger partial charge in [-0.05, 0) is 51.0 Å². The number of carboxylic acid groups (broad SMARTS) is 1. The molecule has 0 spiro atoms. The zero-order chi connectivity index (χ0) is 20.4. The fourth-order valence-electron chi connectivity index (χ4n) is 3.86. The summed E-state index contributed by atoms with van der Waals surface area (Å²) in [6.45, 7) is 8.89. The lowest BCUT2D eigenvalue weighted by atomic mass is 10.0. The van der Waals surface area contributed by atoms with Gasteiger partial charge in [0.05, 0.1) is 6.42 Å². The van der Waals surface area contributed by atoms with Crippen molar-refractivity contribution in [2.45, 2.75) is 40.7 Å². The second kappa shape index (κ2) is 7.89. The highest BCUT2D eigenvalue weighted by molar-refractivity contribution is 6.03. The Morgan fingerprint density at radius 1 is 1.07 bits per heavy atom. The molecule has 0 saturated carbocycles. The lowest BCUT2D eigenvalue weighted by Crippen LogP contribution is -2.33. The largest absolute Gasteiger partial charge is 0.477 e. The zero-order valence-electron chi connectivity index (χ0n) is 16.8. The Labute approximate surface area is 165 Å². The van der Waals surface area contributed by atoms with Gasteiger partial charge in [-0.2, -0.15) is 0 Å². The van der Waals surface area contributed by atoms with E-state index >= 15 is 0 Å². The lowest BCUT2D eigenvalue weighted by molar-refractivity contribution is -0.117. The van der Waals surface area contributed by atoms with Gasteiger partial charge >= 0.3 is 5.97 Å². The number of hydrogen-bond acceptors (Lipinski definition) is 2. The summed E-state index contributed by atoms with van der Waals surface area (Å²) in [5, 5.41) is 10.7. The number of amides is 1. The summed E-state index contributed by atoms with van der Waals surface area (Å²) in [5.41, 5.74) is 4.62. The summed E-state index contributed by atoms with van der Waals surface area (Å²) in [7, 11) is 0. The summed E-state index contributed by atoms with van der Waals surface area (Å²) >= 11 is 0. The number of carbonyl (C=O) groups is 2. The van der Waals surface area contributed by atoms with Crippen LogP contribution in [0.1, 0.15) is 41.0 Å². The molecule has 5 nitrogen and oxygen atoms in total. The predicted molar refractivity (Wildman–Crippen MR) is 112 cm³/mol. The van der Waals surface area contributed by atoms with E-state index in [9.17, 15) is 14.7 Å². The van der Waals surface area contributed by atoms with E-state index in [1.807, 2.05) is 70.2 Å². The molecule has 0 saturated heterocycles. The van der Waals surface area contributed by atoms with Crippen LogP contribution in [0, 0.1) is 13.8 Å². The van der Waals surface area contributed by atoms with Gasteiger partial charge in [-0.15, -0.1) is 0 Å². The maximum absolute atomic E-state index is 13.2. The molecule has 1 N–H and O–H groups in total. The zero-order valence-corrected chi connectivity index (χ0v) is 16.8. The van der Waals surface area contributed by atoms with Gasteiger partial charge in [-0.25, -0.2) is 4.79 Å². The van der Waals surface area contributed by atoms with Crippen LogP contribution in [0.15, 0.2) is 42.5 Å². The van der Waals surface area contributed by atoms with E-state index in [1.165, 1.54) is 0 Å². The van der Waals surface area contributed by atoms with Crippen molar-refractivity contribution in [3.05, 3.63) is 64.8 Å². The van der Waals surface area contributed by atoms with Gasteiger partial charge in [0.1, 0.15) is 5.69 Å². The molecule has 1 amide bonds.